The lowest BCUT2D eigenvalue weighted by atomic mass is 10.1. The van der Waals surface area contributed by atoms with Crippen molar-refractivity contribution < 1.29 is 5.11 Å². The van der Waals surface area contributed by atoms with Crippen molar-refractivity contribution in [1.29, 1.82) is 0 Å². The maximum atomic E-state index is 8.96. The number of thiophene rings is 1. The first-order valence-corrected chi connectivity index (χ1v) is 5.27. The first-order valence-electron chi connectivity index (χ1n) is 4.39. The predicted octanol–water partition coefficient (Wildman–Crippen LogP) is 1.95. The van der Waals surface area contributed by atoms with Crippen LogP contribution in [-0.2, 0) is 13.7 Å². The van der Waals surface area contributed by atoms with Crippen LogP contribution in [0.4, 0.5) is 0 Å². The average molecular weight is 208 g/mol. The summed E-state index contributed by atoms with van der Waals surface area (Å²) in [5.41, 5.74) is 3.43. The molecule has 0 saturated carbocycles. The van der Waals surface area contributed by atoms with Crippen LogP contribution in [0.15, 0.2) is 17.6 Å². The molecular formula is C10H12N2OS. The Morgan fingerprint density at radius 2 is 2.36 bits per heavy atom. The van der Waals surface area contributed by atoms with Gasteiger partial charge in [-0.3, -0.25) is 4.68 Å². The monoisotopic (exact) mass is 208 g/mol. The summed E-state index contributed by atoms with van der Waals surface area (Å²) in [5, 5.41) is 15.2. The van der Waals surface area contributed by atoms with Crippen LogP contribution >= 0.6 is 11.3 Å². The van der Waals surface area contributed by atoms with Crippen molar-refractivity contribution in [2.75, 3.05) is 0 Å². The lowest BCUT2D eigenvalue weighted by Gasteiger charge is -1.96. The third-order valence-corrected chi connectivity index (χ3v) is 3.28. The molecule has 0 spiro atoms. The SMILES string of the molecule is Cc1c(-c2csc(CO)c2)cnn1C. The second-order valence-corrected chi connectivity index (χ2v) is 4.22. The lowest BCUT2D eigenvalue weighted by molar-refractivity contribution is 0.285. The molecule has 3 nitrogen and oxygen atoms in total. The van der Waals surface area contributed by atoms with E-state index in [1.807, 2.05) is 30.9 Å². The minimum Gasteiger partial charge on any atom is -0.391 e. The summed E-state index contributed by atoms with van der Waals surface area (Å²) < 4.78 is 1.85. The van der Waals surface area contributed by atoms with E-state index in [1.165, 1.54) is 0 Å². The highest BCUT2D eigenvalue weighted by Gasteiger charge is 2.07. The molecule has 0 amide bonds. The minimum absolute atomic E-state index is 0.115. The average Bonchev–Trinajstić information content (AvgIpc) is 2.75. The Morgan fingerprint density at radius 3 is 2.86 bits per heavy atom. The van der Waals surface area contributed by atoms with Crippen LogP contribution in [0.3, 0.4) is 0 Å². The molecule has 0 aliphatic rings. The quantitative estimate of drug-likeness (QED) is 0.819. The van der Waals surface area contributed by atoms with Gasteiger partial charge in [-0.1, -0.05) is 0 Å². The zero-order chi connectivity index (χ0) is 10.1. The van der Waals surface area contributed by atoms with E-state index in [0.717, 1.165) is 21.7 Å². The Kier molecular flexibility index (Phi) is 2.39. The molecule has 0 aliphatic carbocycles. The van der Waals surface area contributed by atoms with Gasteiger partial charge in [-0.2, -0.15) is 5.10 Å². The molecule has 0 aromatic carbocycles. The summed E-state index contributed by atoms with van der Waals surface area (Å²) in [6, 6.07) is 2.01. The Balaban J connectivity index is 2.44. The first-order chi connectivity index (χ1) is 6.72. The Labute approximate surface area is 86.6 Å². The highest BCUT2D eigenvalue weighted by atomic mass is 32.1. The van der Waals surface area contributed by atoms with Crippen LogP contribution in [0.1, 0.15) is 10.6 Å². The molecule has 0 radical (unpaired) electrons. The maximum Gasteiger partial charge on any atom is 0.0774 e. The van der Waals surface area contributed by atoms with Gasteiger partial charge in [-0.15, -0.1) is 11.3 Å². The second-order valence-electron chi connectivity index (χ2n) is 3.23. The standard InChI is InChI=1S/C10H12N2OS/c1-7-10(4-11-12(7)2)8-3-9(5-13)14-6-8/h3-4,6,13H,5H2,1-2H3. The predicted molar refractivity (Wildman–Crippen MR) is 57.2 cm³/mol. The van der Waals surface area contributed by atoms with Crippen molar-refractivity contribution in [3.05, 3.63) is 28.2 Å². The molecule has 2 rings (SSSR count). The molecule has 0 atom stereocenters. The number of aryl methyl sites for hydroxylation is 1. The fraction of sp³-hybridized carbons (Fsp3) is 0.300. The van der Waals surface area contributed by atoms with Crippen LogP contribution in [0.2, 0.25) is 0 Å². The molecule has 74 valence electrons. The number of rotatable bonds is 2. The number of aliphatic hydroxyl groups is 1. The number of hydrogen-bond donors (Lipinski definition) is 1. The molecule has 14 heavy (non-hydrogen) atoms. The van der Waals surface area contributed by atoms with E-state index in [9.17, 15) is 0 Å². The summed E-state index contributed by atoms with van der Waals surface area (Å²) in [6.45, 7) is 2.16. The minimum atomic E-state index is 0.115. The number of aromatic nitrogens is 2. The van der Waals surface area contributed by atoms with Gasteiger partial charge < -0.3 is 5.11 Å². The first kappa shape index (κ1) is 9.43. The van der Waals surface area contributed by atoms with Gasteiger partial charge in [0.1, 0.15) is 0 Å². The van der Waals surface area contributed by atoms with Gasteiger partial charge in [0, 0.05) is 23.2 Å². The molecular weight excluding hydrogens is 196 g/mol. The van der Waals surface area contributed by atoms with E-state index in [0.29, 0.717) is 0 Å². The van der Waals surface area contributed by atoms with Crippen molar-refractivity contribution in [2.24, 2.45) is 7.05 Å². The van der Waals surface area contributed by atoms with Gasteiger partial charge in [0.15, 0.2) is 0 Å². The van der Waals surface area contributed by atoms with E-state index in [2.05, 4.69) is 10.5 Å². The molecule has 2 heterocycles. The molecule has 0 bridgehead atoms. The van der Waals surface area contributed by atoms with E-state index >= 15 is 0 Å². The second kappa shape index (κ2) is 3.55. The summed E-state index contributed by atoms with van der Waals surface area (Å²) in [5.74, 6) is 0. The lowest BCUT2D eigenvalue weighted by Crippen LogP contribution is -1.92. The molecule has 0 aliphatic heterocycles. The summed E-state index contributed by atoms with van der Waals surface area (Å²) in [7, 11) is 1.93. The van der Waals surface area contributed by atoms with E-state index < -0.39 is 0 Å². The van der Waals surface area contributed by atoms with Crippen molar-refractivity contribution in [1.82, 2.24) is 9.78 Å². The Hall–Kier alpha value is -1.13. The molecule has 0 fully saturated rings. The highest BCUT2D eigenvalue weighted by molar-refractivity contribution is 7.10. The Morgan fingerprint density at radius 1 is 1.57 bits per heavy atom. The number of nitrogens with zero attached hydrogens (tertiary/aromatic N) is 2. The van der Waals surface area contributed by atoms with Gasteiger partial charge in [0.05, 0.1) is 12.8 Å². The van der Waals surface area contributed by atoms with E-state index in [1.54, 1.807) is 11.3 Å². The Bertz CT molecular complexity index is 445. The van der Waals surface area contributed by atoms with Crippen LogP contribution in [-0.4, -0.2) is 14.9 Å². The molecule has 0 unspecified atom stereocenters. The largest absolute Gasteiger partial charge is 0.391 e. The number of aliphatic hydroxyl groups excluding tert-OH is 1. The van der Waals surface area contributed by atoms with Gasteiger partial charge in [0.25, 0.3) is 0 Å². The van der Waals surface area contributed by atoms with E-state index in [-0.39, 0.29) is 6.61 Å². The normalized spacial score (nSPS) is 10.8. The van der Waals surface area contributed by atoms with Gasteiger partial charge in [0.2, 0.25) is 0 Å². The summed E-state index contributed by atoms with van der Waals surface area (Å²) >= 11 is 1.58. The highest BCUT2D eigenvalue weighted by Crippen LogP contribution is 2.27. The summed E-state index contributed by atoms with van der Waals surface area (Å²) in [6.07, 6.45) is 1.86. The smallest absolute Gasteiger partial charge is 0.0774 e. The topological polar surface area (TPSA) is 38.1 Å². The number of hydrogen-bond acceptors (Lipinski definition) is 3. The fourth-order valence-electron chi connectivity index (χ4n) is 1.39. The fourth-order valence-corrected chi connectivity index (χ4v) is 2.13. The van der Waals surface area contributed by atoms with Crippen LogP contribution < -0.4 is 0 Å². The molecule has 4 heteroatoms. The molecule has 2 aromatic heterocycles. The zero-order valence-electron chi connectivity index (χ0n) is 8.19. The summed E-state index contributed by atoms with van der Waals surface area (Å²) in [4.78, 5) is 0.989. The third kappa shape index (κ3) is 1.47. The van der Waals surface area contributed by atoms with Crippen molar-refractivity contribution in [2.45, 2.75) is 13.5 Å². The van der Waals surface area contributed by atoms with Gasteiger partial charge >= 0.3 is 0 Å². The van der Waals surface area contributed by atoms with Crippen LogP contribution in [0.25, 0.3) is 11.1 Å². The molecule has 1 N–H and O–H groups in total. The molecule has 2 aromatic rings. The van der Waals surface area contributed by atoms with Gasteiger partial charge in [-0.05, 0) is 23.9 Å². The van der Waals surface area contributed by atoms with E-state index in [4.69, 9.17) is 5.11 Å². The maximum absolute atomic E-state index is 8.96. The third-order valence-electron chi connectivity index (χ3n) is 2.36. The van der Waals surface area contributed by atoms with Crippen molar-refractivity contribution in [3.63, 3.8) is 0 Å². The van der Waals surface area contributed by atoms with Crippen LogP contribution in [0.5, 0.6) is 0 Å². The molecule has 0 saturated heterocycles. The van der Waals surface area contributed by atoms with Crippen LogP contribution in [0, 0.1) is 6.92 Å². The zero-order valence-corrected chi connectivity index (χ0v) is 9.01. The van der Waals surface area contributed by atoms with Gasteiger partial charge in [-0.25, -0.2) is 0 Å². The van der Waals surface area contributed by atoms with Crippen molar-refractivity contribution in [3.8, 4) is 11.1 Å². The van der Waals surface area contributed by atoms with Crippen molar-refractivity contribution >= 4 is 11.3 Å².